The second-order valence-electron chi connectivity index (χ2n) is 7.40. The summed E-state index contributed by atoms with van der Waals surface area (Å²) in [6.45, 7) is 5.49. The van der Waals surface area contributed by atoms with Gasteiger partial charge < -0.3 is 24.1 Å². The van der Waals surface area contributed by atoms with Crippen LogP contribution in [-0.2, 0) is 22.9 Å². The van der Waals surface area contributed by atoms with E-state index in [2.05, 4.69) is 15.3 Å². The van der Waals surface area contributed by atoms with E-state index in [0.717, 1.165) is 69.5 Å². The van der Waals surface area contributed by atoms with Gasteiger partial charge in [0.2, 0.25) is 0 Å². The highest BCUT2D eigenvalue weighted by Gasteiger charge is 2.26. The maximum atomic E-state index is 5.99. The fourth-order valence-corrected chi connectivity index (χ4v) is 3.61. The van der Waals surface area contributed by atoms with Gasteiger partial charge in [0.1, 0.15) is 11.9 Å². The van der Waals surface area contributed by atoms with Gasteiger partial charge in [-0.05, 0) is 18.6 Å². The van der Waals surface area contributed by atoms with E-state index >= 15 is 0 Å². The average molecular weight is 387 g/mol. The minimum Gasteiger partial charge on any atom is -0.469 e. The normalized spacial score (nSPS) is 23.3. The number of rotatable bonds is 6. The lowest BCUT2D eigenvalue weighted by Crippen LogP contribution is -2.48. The molecule has 2 fully saturated rings. The molecule has 4 rings (SSSR count). The minimum absolute atomic E-state index is 0.00865. The number of aromatic nitrogens is 2. The summed E-state index contributed by atoms with van der Waals surface area (Å²) in [5.74, 6) is 2.43. The molecule has 152 valence electrons. The number of morpholine rings is 1. The predicted molar refractivity (Wildman–Crippen MR) is 105 cm³/mol. The molecule has 1 N–H and O–H groups in total. The van der Waals surface area contributed by atoms with Crippen molar-refractivity contribution in [3.05, 3.63) is 42.1 Å². The summed E-state index contributed by atoms with van der Waals surface area (Å²) in [5, 5.41) is 7.80. The van der Waals surface area contributed by atoms with Gasteiger partial charge in [0.15, 0.2) is 5.96 Å². The largest absolute Gasteiger partial charge is 0.469 e. The Morgan fingerprint density at radius 3 is 3.11 bits per heavy atom. The lowest BCUT2D eigenvalue weighted by molar-refractivity contribution is -0.00809. The molecule has 4 heterocycles. The van der Waals surface area contributed by atoms with Crippen LogP contribution in [0.25, 0.3) is 0 Å². The molecule has 0 radical (unpaired) electrons. The van der Waals surface area contributed by atoms with E-state index in [1.807, 2.05) is 36.3 Å². The predicted octanol–water partition coefficient (Wildman–Crippen LogP) is 1.61. The maximum Gasteiger partial charge on any atom is 0.194 e. The van der Waals surface area contributed by atoms with E-state index in [4.69, 9.17) is 18.9 Å². The highest BCUT2D eigenvalue weighted by Crippen LogP contribution is 2.22. The van der Waals surface area contributed by atoms with Gasteiger partial charge in [-0.3, -0.25) is 9.67 Å². The summed E-state index contributed by atoms with van der Waals surface area (Å²) in [5.41, 5.74) is 1.10. The highest BCUT2D eigenvalue weighted by atomic mass is 16.5. The standard InChI is InChI=1S/C20H29N5O3/c1-24-13-17(12-23-24)19-14-25(7-10-28-19)20(22-11-16-5-9-26-15-16)21-6-4-18-3-2-8-27-18/h2-3,8,12-13,16,19H,4-7,9-11,14-15H2,1H3,(H,21,22). The van der Waals surface area contributed by atoms with Crippen molar-refractivity contribution in [2.75, 3.05) is 46.0 Å². The van der Waals surface area contributed by atoms with Crippen molar-refractivity contribution < 1.29 is 13.9 Å². The van der Waals surface area contributed by atoms with E-state index in [1.54, 1.807) is 6.26 Å². The topological polar surface area (TPSA) is 77.0 Å². The molecule has 28 heavy (non-hydrogen) atoms. The highest BCUT2D eigenvalue weighted by molar-refractivity contribution is 5.80. The zero-order chi connectivity index (χ0) is 19.2. The Hall–Kier alpha value is -2.32. The fraction of sp³-hybridized carbons (Fsp3) is 0.600. The molecule has 2 unspecified atom stereocenters. The zero-order valence-corrected chi connectivity index (χ0v) is 16.4. The van der Waals surface area contributed by atoms with Crippen LogP contribution in [-0.4, -0.2) is 66.6 Å². The van der Waals surface area contributed by atoms with Gasteiger partial charge in [-0.2, -0.15) is 5.10 Å². The third kappa shape index (κ3) is 4.94. The molecule has 0 saturated carbocycles. The molecule has 0 amide bonds. The third-order valence-electron chi connectivity index (χ3n) is 5.22. The summed E-state index contributed by atoms with van der Waals surface area (Å²) in [6.07, 6.45) is 7.54. The fourth-order valence-electron chi connectivity index (χ4n) is 3.61. The molecule has 2 aliphatic rings. The van der Waals surface area contributed by atoms with Crippen molar-refractivity contribution in [3.63, 3.8) is 0 Å². The molecule has 0 spiro atoms. The molecular formula is C20H29N5O3. The number of ether oxygens (including phenoxy) is 2. The number of hydrogen-bond acceptors (Lipinski definition) is 5. The Balaban J connectivity index is 1.40. The lowest BCUT2D eigenvalue weighted by atomic mass is 10.1. The number of nitrogens with zero attached hydrogens (tertiary/aromatic N) is 4. The number of furan rings is 1. The van der Waals surface area contributed by atoms with E-state index in [0.29, 0.717) is 12.5 Å². The van der Waals surface area contributed by atoms with Gasteiger partial charge in [-0.1, -0.05) is 0 Å². The second-order valence-corrected chi connectivity index (χ2v) is 7.40. The van der Waals surface area contributed by atoms with Gasteiger partial charge in [0, 0.05) is 57.4 Å². The lowest BCUT2D eigenvalue weighted by Gasteiger charge is -2.35. The summed E-state index contributed by atoms with van der Waals surface area (Å²) < 4.78 is 18.7. The van der Waals surface area contributed by atoms with Gasteiger partial charge in [0.25, 0.3) is 0 Å². The van der Waals surface area contributed by atoms with Crippen LogP contribution >= 0.6 is 0 Å². The zero-order valence-electron chi connectivity index (χ0n) is 16.4. The molecule has 0 bridgehead atoms. The number of nitrogens with one attached hydrogen (secondary N) is 1. The SMILES string of the molecule is Cn1cc(C2CN(C(=NCC3CCOC3)NCCc3ccco3)CCO2)cn1. The van der Waals surface area contributed by atoms with E-state index in [9.17, 15) is 0 Å². The van der Waals surface area contributed by atoms with Gasteiger partial charge in [0.05, 0.1) is 32.2 Å². The first-order valence-electron chi connectivity index (χ1n) is 10.0. The van der Waals surface area contributed by atoms with Crippen LogP contribution in [0.3, 0.4) is 0 Å². The summed E-state index contributed by atoms with van der Waals surface area (Å²) >= 11 is 0. The molecule has 2 saturated heterocycles. The van der Waals surface area contributed by atoms with E-state index < -0.39 is 0 Å². The Morgan fingerprint density at radius 1 is 1.39 bits per heavy atom. The van der Waals surface area contributed by atoms with Crippen LogP contribution in [0.2, 0.25) is 0 Å². The Morgan fingerprint density at radius 2 is 2.36 bits per heavy atom. The van der Waals surface area contributed by atoms with Gasteiger partial charge >= 0.3 is 0 Å². The van der Waals surface area contributed by atoms with Crippen molar-refractivity contribution in [2.24, 2.45) is 18.0 Å². The van der Waals surface area contributed by atoms with E-state index in [1.165, 1.54) is 0 Å². The number of hydrogen-bond donors (Lipinski definition) is 1. The second kappa shape index (κ2) is 9.25. The Kier molecular flexibility index (Phi) is 6.28. The van der Waals surface area contributed by atoms with Gasteiger partial charge in [-0.15, -0.1) is 0 Å². The molecule has 2 aromatic rings. The van der Waals surface area contributed by atoms with Gasteiger partial charge in [-0.25, -0.2) is 0 Å². The maximum absolute atomic E-state index is 5.99. The monoisotopic (exact) mass is 387 g/mol. The summed E-state index contributed by atoms with van der Waals surface area (Å²) in [4.78, 5) is 7.22. The molecule has 2 aromatic heterocycles. The van der Waals surface area contributed by atoms with Crippen LogP contribution in [0.4, 0.5) is 0 Å². The molecule has 8 heteroatoms. The van der Waals surface area contributed by atoms with Crippen LogP contribution in [0.1, 0.15) is 23.8 Å². The smallest absolute Gasteiger partial charge is 0.194 e. The molecule has 2 aliphatic heterocycles. The van der Waals surface area contributed by atoms with Crippen molar-refractivity contribution >= 4 is 5.96 Å². The first-order valence-corrected chi connectivity index (χ1v) is 10.0. The Bertz CT molecular complexity index is 752. The van der Waals surface area contributed by atoms with Crippen molar-refractivity contribution in [1.82, 2.24) is 20.0 Å². The van der Waals surface area contributed by atoms with Crippen LogP contribution in [0, 0.1) is 5.92 Å². The van der Waals surface area contributed by atoms with Crippen molar-refractivity contribution in [1.29, 1.82) is 0 Å². The first-order chi connectivity index (χ1) is 13.8. The molecular weight excluding hydrogens is 358 g/mol. The quantitative estimate of drug-likeness (QED) is 0.599. The number of aliphatic imine (C=N–C) groups is 1. The van der Waals surface area contributed by atoms with Crippen LogP contribution in [0.5, 0.6) is 0 Å². The van der Waals surface area contributed by atoms with Crippen LogP contribution in [0.15, 0.2) is 40.2 Å². The molecule has 0 aromatic carbocycles. The number of guanidine groups is 1. The van der Waals surface area contributed by atoms with Crippen molar-refractivity contribution in [2.45, 2.75) is 18.9 Å². The van der Waals surface area contributed by atoms with Crippen molar-refractivity contribution in [3.8, 4) is 0 Å². The van der Waals surface area contributed by atoms with E-state index in [-0.39, 0.29) is 6.10 Å². The first kappa shape index (κ1) is 19.0. The third-order valence-corrected chi connectivity index (χ3v) is 5.22. The summed E-state index contributed by atoms with van der Waals surface area (Å²) in [7, 11) is 1.93. The summed E-state index contributed by atoms with van der Waals surface area (Å²) in [6, 6.07) is 3.92. The number of aryl methyl sites for hydroxylation is 1. The van der Waals surface area contributed by atoms with Crippen LogP contribution < -0.4 is 5.32 Å². The average Bonchev–Trinajstić information content (AvgIpc) is 3.47. The minimum atomic E-state index is 0.00865. The molecule has 2 atom stereocenters. The molecule has 0 aliphatic carbocycles. The molecule has 8 nitrogen and oxygen atoms in total. The Labute approximate surface area is 165 Å².